The Kier molecular flexibility index (Phi) is 5.01. The molecular formula is C16H25N3O. The van der Waals surface area contributed by atoms with Crippen LogP contribution in [0.1, 0.15) is 33.1 Å². The van der Waals surface area contributed by atoms with E-state index in [4.69, 9.17) is 5.73 Å². The molecule has 2 unspecified atom stereocenters. The van der Waals surface area contributed by atoms with Crippen molar-refractivity contribution in [1.29, 1.82) is 0 Å². The maximum absolute atomic E-state index is 12.0. The maximum atomic E-state index is 12.0. The number of nitrogens with zero attached hydrogens (tertiary/aromatic N) is 1. The molecule has 0 aromatic heterocycles. The van der Waals surface area contributed by atoms with Crippen molar-refractivity contribution in [1.82, 2.24) is 4.90 Å². The fourth-order valence-electron chi connectivity index (χ4n) is 2.87. The molecule has 3 N–H and O–H groups in total. The smallest absolute Gasteiger partial charge is 0.225 e. The summed E-state index contributed by atoms with van der Waals surface area (Å²) in [5.41, 5.74) is 7.14. The number of benzene rings is 1. The van der Waals surface area contributed by atoms with Gasteiger partial charge in [0.2, 0.25) is 5.91 Å². The molecule has 4 heteroatoms. The molecule has 0 radical (unpaired) electrons. The number of hydrogen-bond donors (Lipinski definition) is 2. The second-order valence-corrected chi connectivity index (χ2v) is 5.94. The first-order chi connectivity index (χ1) is 9.54. The minimum Gasteiger partial charge on any atom is -0.399 e. The zero-order valence-electron chi connectivity index (χ0n) is 12.4. The van der Waals surface area contributed by atoms with E-state index in [1.807, 2.05) is 18.2 Å². The van der Waals surface area contributed by atoms with Crippen LogP contribution in [-0.2, 0) is 4.79 Å². The van der Waals surface area contributed by atoms with Gasteiger partial charge in [-0.2, -0.15) is 0 Å². The lowest BCUT2D eigenvalue weighted by atomic mass is 9.93. The van der Waals surface area contributed by atoms with Gasteiger partial charge in [-0.15, -0.1) is 0 Å². The van der Waals surface area contributed by atoms with E-state index in [2.05, 4.69) is 24.1 Å². The van der Waals surface area contributed by atoms with E-state index < -0.39 is 0 Å². The molecule has 110 valence electrons. The molecule has 2 atom stereocenters. The zero-order chi connectivity index (χ0) is 14.5. The average Bonchev–Trinajstić information content (AvgIpc) is 2.37. The second kappa shape index (κ2) is 6.75. The second-order valence-electron chi connectivity index (χ2n) is 5.94. The maximum Gasteiger partial charge on any atom is 0.225 e. The Hall–Kier alpha value is -1.55. The highest BCUT2D eigenvalue weighted by Crippen LogP contribution is 2.22. The number of nitrogens with one attached hydrogen (secondary N) is 1. The van der Waals surface area contributed by atoms with Gasteiger partial charge in [-0.05, 0) is 50.4 Å². The van der Waals surface area contributed by atoms with Gasteiger partial charge in [0, 0.05) is 30.4 Å². The fraction of sp³-hybridized carbons (Fsp3) is 0.562. The van der Waals surface area contributed by atoms with Crippen LogP contribution >= 0.6 is 0 Å². The Morgan fingerprint density at radius 3 is 2.95 bits per heavy atom. The van der Waals surface area contributed by atoms with Crippen LogP contribution in [-0.4, -0.2) is 29.9 Å². The van der Waals surface area contributed by atoms with Crippen LogP contribution in [0.25, 0.3) is 0 Å². The van der Waals surface area contributed by atoms with Gasteiger partial charge >= 0.3 is 0 Å². The van der Waals surface area contributed by atoms with Gasteiger partial charge in [0.15, 0.2) is 0 Å². The van der Waals surface area contributed by atoms with Crippen LogP contribution in [0.4, 0.5) is 11.4 Å². The summed E-state index contributed by atoms with van der Waals surface area (Å²) in [6, 6.07) is 7.88. The van der Waals surface area contributed by atoms with Crippen LogP contribution < -0.4 is 11.1 Å². The predicted molar refractivity (Wildman–Crippen MR) is 83.5 cm³/mol. The number of anilines is 2. The normalized spacial score (nSPS) is 23.5. The summed E-state index contributed by atoms with van der Waals surface area (Å²) in [7, 11) is 0. The topological polar surface area (TPSA) is 58.4 Å². The number of nitrogen functional groups attached to an aromatic ring is 1. The Balaban J connectivity index is 1.78. The molecule has 4 nitrogen and oxygen atoms in total. The number of rotatable bonds is 4. The highest BCUT2D eigenvalue weighted by molar-refractivity contribution is 5.91. The van der Waals surface area contributed by atoms with Crippen LogP contribution in [0.5, 0.6) is 0 Å². The van der Waals surface area contributed by atoms with Gasteiger partial charge in [-0.3, -0.25) is 4.79 Å². The molecule has 0 bridgehead atoms. The highest BCUT2D eigenvalue weighted by atomic mass is 16.1. The van der Waals surface area contributed by atoms with Gasteiger partial charge in [0.25, 0.3) is 0 Å². The van der Waals surface area contributed by atoms with E-state index in [-0.39, 0.29) is 5.91 Å². The number of hydrogen-bond acceptors (Lipinski definition) is 3. The van der Waals surface area contributed by atoms with Crippen molar-refractivity contribution in [2.45, 2.75) is 39.2 Å². The molecule has 1 aromatic rings. The first-order valence-corrected chi connectivity index (χ1v) is 7.44. The Bertz CT molecular complexity index is 461. The van der Waals surface area contributed by atoms with Crippen LogP contribution in [0.3, 0.4) is 0 Å². The van der Waals surface area contributed by atoms with E-state index >= 15 is 0 Å². The first-order valence-electron chi connectivity index (χ1n) is 7.44. The minimum atomic E-state index is 0.0569. The number of piperidine rings is 1. The number of carbonyl (C=O) groups excluding carboxylic acids is 1. The average molecular weight is 275 g/mol. The van der Waals surface area contributed by atoms with Crippen molar-refractivity contribution in [3.8, 4) is 0 Å². The van der Waals surface area contributed by atoms with Crippen molar-refractivity contribution in [2.24, 2.45) is 5.92 Å². The van der Waals surface area contributed by atoms with E-state index in [9.17, 15) is 4.79 Å². The summed E-state index contributed by atoms with van der Waals surface area (Å²) in [6.45, 7) is 6.50. The fourth-order valence-corrected chi connectivity index (χ4v) is 2.87. The predicted octanol–water partition coefficient (Wildman–Crippen LogP) is 2.72. The molecule has 0 aliphatic carbocycles. The largest absolute Gasteiger partial charge is 0.399 e. The van der Waals surface area contributed by atoms with E-state index in [0.29, 0.717) is 18.2 Å². The first kappa shape index (κ1) is 14.9. The van der Waals surface area contributed by atoms with Gasteiger partial charge in [0.05, 0.1) is 0 Å². The van der Waals surface area contributed by atoms with Crippen molar-refractivity contribution in [3.05, 3.63) is 24.3 Å². The summed E-state index contributed by atoms with van der Waals surface area (Å²) in [6.07, 6.45) is 3.01. The molecule has 1 aromatic carbocycles. The third-order valence-electron chi connectivity index (χ3n) is 4.07. The van der Waals surface area contributed by atoms with Gasteiger partial charge in [0.1, 0.15) is 0 Å². The molecule has 1 heterocycles. The molecule has 0 spiro atoms. The lowest BCUT2D eigenvalue weighted by Crippen LogP contribution is -2.41. The molecule has 20 heavy (non-hydrogen) atoms. The molecule has 1 aliphatic rings. The lowest BCUT2D eigenvalue weighted by molar-refractivity contribution is -0.116. The van der Waals surface area contributed by atoms with Crippen molar-refractivity contribution >= 4 is 17.3 Å². The Morgan fingerprint density at radius 2 is 2.25 bits per heavy atom. The van der Waals surface area contributed by atoms with Crippen molar-refractivity contribution in [2.75, 3.05) is 24.1 Å². The third-order valence-corrected chi connectivity index (χ3v) is 4.07. The van der Waals surface area contributed by atoms with Crippen molar-refractivity contribution in [3.63, 3.8) is 0 Å². The summed E-state index contributed by atoms with van der Waals surface area (Å²) < 4.78 is 0. The third kappa shape index (κ3) is 4.23. The van der Waals surface area contributed by atoms with E-state index in [1.165, 1.54) is 12.8 Å². The van der Waals surface area contributed by atoms with Gasteiger partial charge in [-0.1, -0.05) is 13.0 Å². The van der Waals surface area contributed by atoms with E-state index in [1.54, 1.807) is 6.07 Å². The summed E-state index contributed by atoms with van der Waals surface area (Å²) in [4.78, 5) is 14.4. The molecule has 2 rings (SSSR count). The zero-order valence-corrected chi connectivity index (χ0v) is 12.4. The van der Waals surface area contributed by atoms with Crippen LogP contribution in [0.15, 0.2) is 24.3 Å². The molecule has 0 saturated carbocycles. The van der Waals surface area contributed by atoms with E-state index in [0.717, 1.165) is 24.7 Å². The highest BCUT2D eigenvalue weighted by Gasteiger charge is 2.22. The molecule has 1 saturated heterocycles. The Labute approximate surface area is 121 Å². The SMILES string of the molecule is CC1CCN(CCC(=O)Nc2cccc(N)c2)C(C)C1. The summed E-state index contributed by atoms with van der Waals surface area (Å²) >= 11 is 0. The molecule has 1 amide bonds. The minimum absolute atomic E-state index is 0.0569. The standard InChI is InChI=1S/C16H25N3O/c1-12-6-8-19(13(2)10-12)9-7-16(20)18-15-5-3-4-14(17)11-15/h3-5,11-13H,6-10,17H2,1-2H3,(H,18,20). The van der Waals surface area contributed by atoms with Crippen LogP contribution in [0.2, 0.25) is 0 Å². The van der Waals surface area contributed by atoms with Crippen LogP contribution in [0, 0.1) is 5.92 Å². The number of amides is 1. The molecule has 1 aliphatic heterocycles. The summed E-state index contributed by atoms with van der Waals surface area (Å²) in [5.74, 6) is 0.865. The quantitative estimate of drug-likeness (QED) is 0.831. The molecular weight excluding hydrogens is 250 g/mol. The number of nitrogens with two attached hydrogens (primary N) is 1. The number of carbonyl (C=O) groups is 1. The lowest BCUT2D eigenvalue weighted by Gasteiger charge is -2.36. The van der Waals surface area contributed by atoms with Gasteiger partial charge in [-0.25, -0.2) is 0 Å². The van der Waals surface area contributed by atoms with Crippen molar-refractivity contribution < 1.29 is 4.79 Å². The Morgan fingerprint density at radius 1 is 1.45 bits per heavy atom. The summed E-state index contributed by atoms with van der Waals surface area (Å²) in [5, 5.41) is 2.90. The monoisotopic (exact) mass is 275 g/mol. The number of likely N-dealkylation sites (tertiary alicyclic amines) is 1. The van der Waals surface area contributed by atoms with Gasteiger partial charge < -0.3 is 16.0 Å². The molecule has 1 fully saturated rings.